The first kappa shape index (κ1) is 15.7. The van der Waals surface area contributed by atoms with Crippen LogP contribution < -0.4 is 0 Å². The SMILES string of the molecule is Clc1ncc(CN(CCn2ccnc2)Cc2ccc(Br)o2)s1. The summed E-state index contributed by atoms with van der Waals surface area (Å²) in [5.74, 6) is 0.924. The van der Waals surface area contributed by atoms with E-state index in [-0.39, 0.29) is 0 Å². The molecule has 0 radical (unpaired) electrons. The molecule has 3 aromatic rings. The van der Waals surface area contributed by atoms with Crippen LogP contribution in [0, 0.1) is 0 Å². The molecule has 0 spiro atoms. The molecule has 3 aromatic heterocycles. The number of furan rings is 1. The van der Waals surface area contributed by atoms with Crippen LogP contribution in [0.3, 0.4) is 0 Å². The Bertz CT molecular complexity index is 670. The fraction of sp³-hybridized carbons (Fsp3) is 0.286. The van der Waals surface area contributed by atoms with Crippen LogP contribution in [0.1, 0.15) is 10.6 Å². The van der Waals surface area contributed by atoms with E-state index in [2.05, 4.69) is 35.4 Å². The van der Waals surface area contributed by atoms with Crippen molar-refractivity contribution in [2.24, 2.45) is 0 Å². The molecule has 8 heteroatoms. The van der Waals surface area contributed by atoms with Crippen LogP contribution in [0.4, 0.5) is 0 Å². The van der Waals surface area contributed by atoms with Gasteiger partial charge in [-0.05, 0) is 28.1 Å². The molecule has 0 amide bonds. The first-order chi connectivity index (χ1) is 10.7. The largest absolute Gasteiger partial charge is 0.453 e. The van der Waals surface area contributed by atoms with E-state index in [1.165, 1.54) is 11.3 Å². The molecule has 0 saturated heterocycles. The molecule has 0 aromatic carbocycles. The van der Waals surface area contributed by atoms with Crippen molar-refractivity contribution in [2.75, 3.05) is 6.54 Å². The van der Waals surface area contributed by atoms with Gasteiger partial charge >= 0.3 is 0 Å². The maximum atomic E-state index is 5.92. The van der Waals surface area contributed by atoms with E-state index in [1.54, 1.807) is 6.20 Å². The van der Waals surface area contributed by atoms with Gasteiger partial charge in [-0.1, -0.05) is 11.6 Å². The van der Waals surface area contributed by atoms with Crippen molar-refractivity contribution in [2.45, 2.75) is 19.6 Å². The minimum Gasteiger partial charge on any atom is -0.453 e. The molecule has 3 heterocycles. The third-order valence-electron chi connectivity index (χ3n) is 3.15. The molecule has 3 rings (SSSR count). The Hall–Kier alpha value is -1.15. The Morgan fingerprint density at radius 1 is 1.36 bits per heavy atom. The number of rotatable bonds is 7. The predicted octanol–water partition coefficient (Wildman–Crippen LogP) is 4.05. The van der Waals surface area contributed by atoms with Gasteiger partial charge in [0.1, 0.15) is 5.76 Å². The topological polar surface area (TPSA) is 47.1 Å². The van der Waals surface area contributed by atoms with Crippen LogP contribution in [0.15, 0.2) is 46.1 Å². The molecule has 0 saturated carbocycles. The molecule has 0 N–H and O–H groups in total. The lowest BCUT2D eigenvalue weighted by molar-refractivity contribution is 0.227. The van der Waals surface area contributed by atoms with Gasteiger partial charge < -0.3 is 8.98 Å². The standard InChI is InChI=1S/C14H14BrClN4OS/c15-13-2-1-11(21-13)8-20(6-5-19-4-3-17-10-19)9-12-7-18-14(16)22-12/h1-4,7,10H,5-6,8-9H2. The molecule has 0 fully saturated rings. The molecule has 0 atom stereocenters. The van der Waals surface area contributed by atoms with Crippen molar-refractivity contribution in [3.8, 4) is 0 Å². The summed E-state index contributed by atoms with van der Waals surface area (Å²) in [6.45, 7) is 3.27. The molecule has 22 heavy (non-hydrogen) atoms. The van der Waals surface area contributed by atoms with Crippen LogP contribution in [0.25, 0.3) is 0 Å². The molecule has 0 bridgehead atoms. The molecule has 0 aliphatic carbocycles. The highest BCUT2D eigenvalue weighted by atomic mass is 79.9. The number of hydrogen-bond acceptors (Lipinski definition) is 5. The van der Waals surface area contributed by atoms with Gasteiger partial charge in [0.2, 0.25) is 0 Å². The van der Waals surface area contributed by atoms with Gasteiger partial charge in [-0.25, -0.2) is 9.97 Å². The van der Waals surface area contributed by atoms with Gasteiger partial charge in [-0.2, -0.15) is 0 Å². The van der Waals surface area contributed by atoms with Gasteiger partial charge in [-0.15, -0.1) is 11.3 Å². The molecular weight excluding hydrogens is 388 g/mol. The highest BCUT2D eigenvalue weighted by Gasteiger charge is 2.12. The lowest BCUT2D eigenvalue weighted by Crippen LogP contribution is -2.26. The fourth-order valence-electron chi connectivity index (χ4n) is 2.12. The average molecular weight is 402 g/mol. The van der Waals surface area contributed by atoms with Crippen molar-refractivity contribution in [1.82, 2.24) is 19.4 Å². The van der Waals surface area contributed by atoms with E-state index in [0.717, 1.165) is 41.5 Å². The van der Waals surface area contributed by atoms with E-state index in [0.29, 0.717) is 4.47 Å². The van der Waals surface area contributed by atoms with E-state index in [9.17, 15) is 0 Å². The van der Waals surface area contributed by atoms with E-state index >= 15 is 0 Å². The summed E-state index contributed by atoms with van der Waals surface area (Å²) in [5, 5.41) is 0. The smallest absolute Gasteiger partial charge is 0.183 e. The highest BCUT2D eigenvalue weighted by molar-refractivity contribution is 9.10. The Kier molecular flexibility index (Phi) is 5.30. The summed E-state index contributed by atoms with van der Waals surface area (Å²) in [6, 6.07) is 3.89. The Morgan fingerprint density at radius 3 is 2.91 bits per heavy atom. The highest BCUT2D eigenvalue weighted by Crippen LogP contribution is 2.21. The van der Waals surface area contributed by atoms with Crippen LogP contribution in [0.2, 0.25) is 4.47 Å². The minimum atomic E-state index is 0.574. The normalized spacial score (nSPS) is 11.4. The van der Waals surface area contributed by atoms with Gasteiger partial charge in [0.25, 0.3) is 0 Å². The number of halogens is 2. The summed E-state index contributed by atoms with van der Waals surface area (Å²) in [4.78, 5) is 11.6. The maximum absolute atomic E-state index is 5.92. The van der Waals surface area contributed by atoms with Gasteiger partial charge in [-0.3, -0.25) is 4.90 Å². The molecule has 0 aliphatic rings. The summed E-state index contributed by atoms with van der Waals surface area (Å²) in [6.07, 6.45) is 7.41. The fourth-order valence-corrected chi connectivity index (χ4v) is 3.48. The van der Waals surface area contributed by atoms with Crippen molar-refractivity contribution >= 4 is 38.9 Å². The molecule has 0 unspecified atom stereocenters. The number of aromatic nitrogens is 3. The number of thiazole rings is 1. The number of nitrogens with zero attached hydrogens (tertiary/aromatic N) is 4. The predicted molar refractivity (Wildman–Crippen MR) is 89.9 cm³/mol. The lowest BCUT2D eigenvalue weighted by Gasteiger charge is -2.20. The minimum absolute atomic E-state index is 0.574. The van der Waals surface area contributed by atoms with Crippen molar-refractivity contribution in [3.05, 3.63) is 56.8 Å². The maximum Gasteiger partial charge on any atom is 0.183 e. The zero-order chi connectivity index (χ0) is 15.4. The van der Waals surface area contributed by atoms with Gasteiger partial charge in [0.15, 0.2) is 9.14 Å². The van der Waals surface area contributed by atoms with Gasteiger partial charge in [0, 0.05) is 43.1 Å². The Balaban J connectivity index is 1.66. The molecule has 116 valence electrons. The zero-order valence-electron chi connectivity index (χ0n) is 11.7. The van der Waals surface area contributed by atoms with Crippen LogP contribution in [-0.2, 0) is 19.6 Å². The summed E-state index contributed by atoms with van der Waals surface area (Å²) < 4.78 is 8.99. The second kappa shape index (κ2) is 7.41. The zero-order valence-corrected chi connectivity index (χ0v) is 14.8. The molecular formula is C14H14BrClN4OS. The molecule has 0 aliphatic heterocycles. The number of imidazole rings is 1. The Labute approximate surface area is 145 Å². The van der Waals surface area contributed by atoms with Crippen LogP contribution in [0.5, 0.6) is 0 Å². The van der Waals surface area contributed by atoms with E-state index in [4.69, 9.17) is 16.0 Å². The summed E-state index contributed by atoms with van der Waals surface area (Å²) in [5.41, 5.74) is 0. The van der Waals surface area contributed by atoms with E-state index in [1.807, 2.05) is 30.9 Å². The second-order valence-corrected chi connectivity index (χ2v) is 7.28. The Morgan fingerprint density at radius 2 is 2.27 bits per heavy atom. The average Bonchev–Trinajstić information content (AvgIpc) is 3.20. The third kappa shape index (κ3) is 4.42. The first-order valence-electron chi connectivity index (χ1n) is 6.71. The van der Waals surface area contributed by atoms with Gasteiger partial charge in [0.05, 0.1) is 12.9 Å². The van der Waals surface area contributed by atoms with Crippen LogP contribution in [-0.4, -0.2) is 26.0 Å². The van der Waals surface area contributed by atoms with Crippen molar-refractivity contribution in [3.63, 3.8) is 0 Å². The third-order valence-corrected chi connectivity index (χ3v) is 4.67. The monoisotopic (exact) mass is 400 g/mol. The lowest BCUT2D eigenvalue weighted by atomic mass is 10.3. The van der Waals surface area contributed by atoms with Crippen LogP contribution >= 0.6 is 38.9 Å². The van der Waals surface area contributed by atoms with Crippen molar-refractivity contribution < 1.29 is 4.42 Å². The molecule has 5 nitrogen and oxygen atoms in total. The second-order valence-electron chi connectivity index (χ2n) is 4.80. The van der Waals surface area contributed by atoms with Crippen molar-refractivity contribution in [1.29, 1.82) is 0 Å². The summed E-state index contributed by atoms with van der Waals surface area (Å²) in [7, 11) is 0. The quantitative estimate of drug-likeness (QED) is 0.599. The summed E-state index contributed by atoms with van der Waals surface area (Å²) >= 11 is 10.8. The number of hydrogen-bond donors (Lipinski definition) is 0. The first-order valence-corrected chi connectivity index (χ1v) is 8.70. The van der Waals surface area contributed by atoms with E-state index < -0.39 is 0 Å².